The lowest BCUT2D eigenvalue weighted by Gasteiger charge is -2.27. The highest BCUT2D eigenvalue weighted by Crippen LogP contribution is 2.43. The summed E-state index contributed by atoms with van der Waals surface area (Å²) >= 11 is 0. The summed E-state index contributed by atoms with van der Waals surface area (Å²) in [4.78, 5) is 0. The van der Waals surface area contributed by atoms with Crippen LogP contribution in [0.15, 0.2) is 109 Å². The van der Waals surface area contributed by atoms with E-state index in [0.29, 0.717) is 0 Å². The Morgan fingerprint density at radius 2 is 0.833 bits per heavy atom. The van der Waals surface area contributed by atoms with Gasteiger partial charge in [-0.1, -0.05) is 137 Å². The zero-order chi connectivity index (χ0) is 38.5. The van der Waals surface area contributed by atoms with Gasteiger partial charge in [-0.2, -0.15) is 0 Å². The molecule has 7 aromatic rings. The third-order valence-electron chi connectivity index (χ3n) is 11.9. The summed E-state index contributed by atoms with van der Waals surface area (Å²) in [5.41, 5.74) is 17.5. The molecule has 0 spiro atoms. The van der Waals surface area contributed by atoms with Crippen molar-refractivity contribution in [3.63, 3.8) is 0 Å². The van der Waals surface area contributed by atoms with Crippen molar-refractivity contribution in [3.05, 3.63) is 137 Å². The van der Waals surface area contributed by atoms with E-state index < -0.39 is 0 Å². The molecule has 2 heterocycles. The summed E-state index contributed by atoms with van der Waals surface area (Å²) < 4.78 is 5.02. The maximum absolute atomic E-state index is 2.55. The molecule has 1 aliphatic rings. The van der Waals surface area contributed by atoms with E-state index in [0.717, 1.165) is 12.8 Å². The Balaban J connectivity index is 1.29. The topological polar surface area (TPSA) is 9.86 Å². The number of aromatic nitrogens is 2. The van der Waals surface area contributed by atoms with Crippen LogP contribution in [0.1, 0.15) is 117 Å². The van der Waals surface area contributed by atoms with Crippen LogP contribution in [0.5, 0.6) is 0 Å². The van der Waals surface area contributed by atoms with Crippen molar-refractivity contribution in [3.8, 4) is 22.5 Å². The summed E-state index contributed by atoms with van der Waals surface area (Å²) in [6.45, 7) is 27.9. The van der Waals surface area contributed by atoms with E-state index in [4.69, 9.17) is 0 Å². The predicted octanol–water partition coefficient (Wildman–Crippen LogP) is 14.7. The Hall–Kier alpha value is -4.82. The Kier molecular flexibility index (Phi) is 8.27. The van der Waals surface area contributed by atoms with E-state index in [1.54, 1.807) is 0 Å². The number of allylic oxidation sites excluding steroid dienone is 1. The molecule has 0 atom stereocenters. The molecule has 0 amide bonds. The van der Waals surface area contributed by atoms with E-state index in [-0.39, 0.29) is 21.7 Å². The maximum atomic E-state index is 2.55. The molecule has 2 nitrogen and oxygen atoms in total. The Labute approximate surface area is 323 Å². The van der Waals surface area contributed by atoms with Crippen molar-refractivity contribution in [2.24, 2.45) is 5.41 Å². The van der Waals surface area contributed by atoms with Crippen molar-refractivity contribution >= 4 is 38.8 Å². The van der Waals surface area contributed by atoms with Crippen LogP contribution in [-0.4, -0.2) is 9.13 Å². The highest BCUT2D eigenvalue weighted by Gasteiger charge is 2.27. The normalized spacial score (nSPS) is 14.3. The van der Waals surface area contributed by atoms with Crippen molar-refractivity contribution in [2.45, 2.75) is 112 Å². The SMILES string of the molecule is CC(C)(C)C1=Cc2c(n(-c3cccc(-c4cccc(-n5c6ccc(C(C)(C)C)cc6c6cc(C(C)(C)C)ccc65)c4)c3)c3ccc(C(C)(C)C)cc23)CC1. The first kappa shape index (κ1) is 36.2. The second-order valence-corrected chi connectivity index (χ2v) is 20.0. The highest BCUT2D eigenvalue weighted by molar-refractivity contribution is 6.10. The first-order chi connectivity index (χ1) is 25.3. The number of nitrogens with zero attached hydrogens (tertiary/aromatic N) is 2. The van der Waals surface area contributed by atoms with E-state index in [1.807, 2.05) is 0 Å². The zero-order valence-corrected chi connectivity index (χ0v) is 34.7. The fourth-order valence-corrected chi connectivity index (χ4v) is 8.51. The van der Waals surface area contributed by atoms with Crippen LogP contribution < -0.4 is 0 Å². The van der Waals surface area contributed by atoms with Crippen molar-refractivity contribution in [1.29, 1.82) is 0 Å². The van der Waals surface area contributed by atoms with Crippen LogP contribution in [0.4, 0.5) is 0 Å². The molecule has 0 aliphatic heterocycles. The lowest BCUT2D eigenvalue weighted by molar-refractivity contribution is 0.483. The van der Waals surface area contributed by atoms with Crippen LogP contribution in [0.3, 0.4) is 0 Å². The van der Waals surface area contributed by atoms with Gasteiger partial charge in [0.25, 0.3) is 0 Å². The zero-order valence-electron chi connectivity index (χ0n) is 34.7. The number of benzene rings is 5. The standard InChI is InChI=1S/C52H58N2/c1-49(2,3)35-19-23-45-41(29-35)42-30-36(50(4,5)6)20-24-46(42)53(45)39-17-13-15-33(27-39)34-16-14-18-40(28-34)54-47-25-21-37(51(7,8)9)31-43(47)44-32-38(52(10,11)12)22-26-48(44)54/h13-21,23-25,27-32H,22,26H2,1-12H3. The van der Waals surface area contributed by atoms with Crippen LogP contribution in [-0.2, 0) is 22.7 Å². The van der Waals surface area contributed by atoms with Gasteiger partial charge in [0.1, 0.15) is 0 Å². The third kappa shape index (κ3) is 6.22. The number of fused-ring (bicyclic) bond motifs is 6. The predicted molar refractivity (Wildman–Crippen MR) is 235 cm³/mol. The van der Waals surface area contributed by atoms with Gasteiger partial charge in [0, 0.05) is 38.8 Å². The van der Waals surface area contributed by atoms with Gasteiger partial charge in [-0.3, -0.25) is 0 Å². The number of rotatable bonds is 3. The van der Waals surface area contributed by atoms with Gasteiger partial charge >= 0.3 is 0 Å². The van der Waals surface area contributed by atoms with Crippen LogP contribution in [0.2, 0.25) is 0 Å². The van der Waals surface area contributed by atoms with Gasteiger partial charge in [-0.25, -0.2) is 0 Å². The minimum atomic E-state index is 0.0690. The molecule has 8 rings (SSSR count). The van der Waals surface area contributed by atoms with Gasteiger partial charge in [0.2, 0.25) is 0 Å². The van der Waals surface area contributed by atoms with Crippen LogP contribution in [0.25, 0.3) is 61.3 Å². The monoisotopic (exact) mass is 710 g/mol. The third-order valence-corrected chi connectivity index (χ3v) is 11.9. The molecular formula is C52H58N2. The van der Waals surface area contributed by atoms with E-state index in [9.17, 15) is 0 Å². The van der Waals surface area contributed by atoms with Gasteiger partial charge in [-0.05, 0) is 123 Å². The van der Waals surface area contributed by atoms with Crippen molar-refractivity contribution < 1.29 is 0 Å². The lowest BCUT2D eigenvalue weighted by atomic mass is 9.79. The molecule has 0 N–H and O–H groups in total. The van der Waals surface area contributed by atoms with Gasteiger partial charge < -0.3 is 9.13 Å². The Bertz CT molecular complexity index is 2550. The molecule has 0 bridgehead atoms. The quantitative estimate of drug-likeness (QED) is 0.173. The van der Waals surface area contributed by atoms with Gasteiger partial charge in [0.15, 0.2) is 0 Å². The van der Waals surface area contributed by atoms with Crippen LogP contribution in [0, 0.1) is 5.41 Å². The molecule has 0 saturated heterocycles. The summed E-state index contributed by atoms with van der Waals surface area (Å²) in [5, 5.41) is 4.00. The molecule has 0 unspecified atom stereocenters. The molecule has 0 fully saturated rings. The second-order valence-electron chi connectivity index (χ2n) is 20.0. The molecule has 2 aromatic heterocycles. The minimum Gasteiger partial charge on any atom is -0.313 e. The fraction of sp³-hybridized carbons (Fsp3) is 0.346. The fourth-order valence-electron chi connectivity index (χ4n) is 8.51. The van der Waals surface area contributed by atoms with Crippen molar-refractivity contribution in [2.75, 3.05) is 0 Å². The molecule has 0 saturated carbocycles. The van der Waals surface area contributed by atoms with E-state index in [1.165, 1.54) is 88.7 Å². The highest BCUT2D eigenvalue weighted by atomic mass is 15.0. The largest absolute Gasteiger partial charge is 0.313 e. The van der Waals surface area contributed by atoms with E-state index >= 15 is 0 Å². The molecule has 54 heavy (non-hydrogen) atoms. The minimum absolute atomic E-state index is 0.0690. The van der Waals surface area contributed by atoms with Crippen LogP contribution >= 0.6 is 0 Å². The Morgan fingerprint density at radius 3 is 1.28 bits per heavy atom. The van der Waals surface area contributed by atoms with Gasteiger partial charge in [-0.15, -0.1) is 0 Å². The number of hydrogen-bond acceptors (Lipinski definition) is 0. The maximum Gasteiger partial charge on any atom is 0.0541 e. The first-order valence-electron chi connectivity index (χ1n) is 20.0. The number of hydrogen-bond donors (Lipinski definition) is 0. The molecule has 0 radical (unpaired) electrons. The molecule has 5 aromatic carbocycles. The second kappa shape index (κ2) is 12.4. The first-order valence-corrected chi connectivity index (χ1v) is 20.0. The van der Waals surface area contributed by atoms with Gasteiger partial charge in [0.05, 0.1) is 16.6 Å². The molecule has 276 valence electrons. The lowest BCUT2D eigenvalue weighted by Crippen LogP contribution is -2.14. The van der Waals surface area contributed by atoms with Crippen molar-refractivity contribution in [1.82, 2.24) is 9.13 Å². The summed E-state index contributed by atoms with van der Waals surface area (Å²) in [6.07, 6.45) is 4.64. The average Bonchev–Trinajstić information content (AvgIpc) is 3.61. The molecular weight excluding hydrogens is 653 g/mol. The Morgan fingerprint density at radius 1 is 0.407 bits per heavy atom. The summed E-state index contributed by atoms with van der Waals surface area (Å²) in [7, 11) is 0. The summed E-state index contributed by atoms with van der Waals surface area (Å²) in [6, 6.07) is 39.7. The summed E-state index contributed by atoms with van der Waals surface area (Å²) in [5.74, 6) is 0. The molecule has 2 heteroatoms. The molecule has 1 aliphatic carbocycles. The smallest absolute Gasteiger partial charge is 0.0541 e. The average molecular weight is 711 g/mol. The van der Waals surface area contributed by atoms with E-state index in [2.05, 4.69) is 201 Å².